The first kappa shape index (κ1) is 21.0. The van der Waals surface area contributed by atoms with E-state index in [0.717, 1.165) is 37.7 Å². The molecule has 1 aromatic rings. The van der Waals surface area contributed by atoms with E-state index in [-0.39, 0.29) is 35.9 Å². The molecule has 30 heavy (non-hydrogen) atoms. The van der Waals surface area contributed by atoms with E-state index < -0.39 is 13.5 Å². The van der Waals surface area contributed by atoms with Gasteiger partial charge in [-0.3, -0.25) is 14.4 Å². The van der Waals surface area contributed by atoms with Gasteiger partial charge in [-0.1, -0.05) is 56.0 Å². The highest BCUT2D eigenvalue weighted by Gasteiger charge is 2.74. The molecule has 2 fully saturated rings. The molecule has 3 unspecified atom stereocenters. The zero-order valence-electron chi connectivity index (χ0n) is 18.3. The van der Waals surface area contributed by atoms with E-state index in [4.69, 9.17) is 0 Å². The maximum atomic E-state index is 13.6. The van der Waals surface area contributed by atoms with Gasteiger partial charge in [0.15, 0.2) is 5.78 Å². The fourth-order valence-electron chi connectivity index (χ4n) is 5.25. The number of carbonyl (C=O) groups excluding carboxylic acids is 3. The summed E-state index contributed by atoms with van der Waals surface area (Å²) in [6.07, 6.45) is 6.36. The molecule has 1 aromatic carbocycles. The minimum absolute atomic E-state index is 0.00410. The third-order valence-corrected chi connectivity index (χ3v) is 7.97. The van der Waals surface area contributed by atoms with E-state index >= 15 is 0 Å². The van der Waals surface area contributed by atoms with Crippen LogP contribution in [0.2, 0.25) is 19.6 Å². The average molecular weight is 425 g/mol. The molecule has 5 nitrogen and oxygen atoms in total. The first-order valence-electron chi connectivity index (χ1n) is 11.1. The van der Waals surface area contributed by atoms with Crippen LogP contribution in [-0.4, -0.2) is 54.7 Å². The smallest absolute Gasteiger partial charge is 0.230 e. The highest BCUT2D eigenvalue weighted by molar-refractivity contribution is 6.76. The van der Waals surface area contributed by atoms with Crippen LogP contribution in [0.3, 0.4) is 0 Å². The predicted octanol–water partition coefficient (Wildman–Crippen LogP) is 3.28. The third kappa shape index (κ3) is 3.89. The number of hydrogen-bond donors (Lipinski definition) is 0. The Morgan fingerprint density at radius 2 is 1.80 bits per heavy atom. The van der Waals surface area contributed by atoms with Crippen LogP contribution in [0.5, 0.6) is 0 Å². The van der Waals surface area contributed by atoms with Crippen molar-refractivity contribution in [1.82, 2.24) is 9.80 Å². The van der Waals surface area contributed by atoms with Crippen LogP contribution in [0, 0.1) is 17.3 Å². The second kappa shape index (κ2) is 7.80. The molecule has 0 bridgehead atoms. The minimum atomic E-state index is -1.56. The molecule has 1 heterocycles. The first-order valence-corrected chi connectivity index (χ1v) is 14.8. The lowest BCUT2D eigenvalue weighted by molar-refractivity contribution is -0.144. The number of benzene rings is 1. The SMILES string of the molecule is C[Si](C)(C)CN(Cc1ccccc1)C(=O)CC1(C(=O)N2CCCC2)C2C=CC(=O)C21. The molecule has 3 aliphatic rings. The van der Waals surface area contributed by atoms with Gasteiger partial charge in [0.25, 0.3) is 0 Å². The number of rotatable bonds is 7. The van der Waals surface area contributed by atoms with Gasteiger partial charge in [0.2, 0.25) is 11.8 Å². The zero-order chi connectivity index (χ0) is 21.5. The number of likely N-dealkylation sites (tertiary alicyclic amines) is 1. The van der Waals surface area contributed by atoms with Crippen molar-refractivity contribution in [2.24, 2.45) is 17.3 Å². The second-order valence-electron chi connectivity index (χ2n) is 10.3. The summed E-state index contributed by atoms with van der Waals surface area (Å²) in [6.45, 7) is 8.80. The predicted molar refractivity (Wildman–Crippen MR) is 119 cm³/mol. The Kier molecular flexibility index (Phi) is 5.47. The number of allylic oxidation sites excluding steroid dienone is 2. The summed E-state index contributed by atoms with van der Waals surface area (Å²) in [4.78, 5) is 43.3. The van der Waals surface area contributed by atoms with Crippen LogP contribution < -0.4 is 0 Å². The van der Waals surface area contributed by atoms with Crippen molar-refractivity contribution in [2.75, 3.05) is 19.3 Å². The molecule has 0 N–H and O–H groups in total. The fourth-order valence-corrected chi connectivity index (χ4v) is 6.68. The van der Waals surface area contributed by atoms with Crippen molar-refractivity contribution in [1.29, 1.82) is 0 Å². The summed E-state index contributed by atoms with van der Waals surface area (Å²) in [5.41, 5.74) is 0.248. The van der Waals surface area contributed by atoms with Crippen molar-refractivity contribution in [3.63, 3.8) is 0 Å². The molecule has 0 radical (unpaired) electrons. The lowest BCUT2D eigenvalue weighted by Gasteiger charge is -2.32. The van der Waals surface area contributed by atoms with Gasteiger partial charge in [-0.15, -0.1) is 0 Å². The molecule has 1 aliphatic heterocycles. The standard InChI is InChI=1S/C24H32N2O3Si/c1-30(2,3)17-26(16-18-9-5-4-6-10-18)21(28)15-24(19-11-12-20(27)22(19)24)23(29)25-13-7-8-14-25/h4-6,9-12,19,22H,7-8,13-17H2,1-3H3. The molecule has 1 saturated heterocycles. The molecular weight excluding hydrogens is 392 g/mol. The largest absolute Gasteiger partial charge is 0.342 e. The molecule has 0 aromatic heterocycles. The lowest BCUT2D eigenvalue weighted by atomic mass is 9.91. The van der Waals surface area contributed by atoms with Crippen LogP contribution in [0.1, 0.15) is 24.8 Å². The number of nitrogens with zero attached hydrogens (tertiary/aromatic N) is 2. The van der Waals surface area contributed by atoms with E-state index in [2.05, 4.69) is 19.6 Å². The Hall–Kier alpha value is -2.21. The molecule has 3 atom stereocenters. The Bertz CT molecular complexity index is 870. The maximum Gasteiger partial charge on any atom is 0.230 e. The van der Waals surface area contributed by atoms with Gasteiger partial charge >= 0.3 is 0 Å². The number of carbonyl (C=O) groups is 3. The van der Waals surface area contributed by atoms with E-state index in [1.54, 1.807) is 6.08 Å². The van der Waals surface area contributed by atoms with Gasteiger partial charge in [-0.25, -0.2) is 0 Å². The molecule has 160 valence electrons. The number of fused-ring (bicyclic) bond motifs is 1. The molecule has 6 heteroatoms. The van der Waals surface area contributed by atoms with Gasteiger partial charge in [0.05, 0.1) is 13.5 Å². The van der Waals surface area contributed by atoms with Crippen LogP contribution >= 0.6 is 0 Å². The number of hydrogen-bond acceptors (Lipinski definition) is 3. The molecule has 2 amide bonds. The normalized spacial score (nSPS) is 27.3. The molecule has 1 saturated carbocycles. The van der Waals surface area contributed by atoms with E-state index in [1.165, 1.54) is 0 Å². The Morgan fingerprint density at radius 1 is 1.13 bits per heavy atom. The summed E-state index contributed by atoms with van der Waals surface area (Å²) in [6, 6.07) is 10.0. The molecular formula is C24H32N2O3Si. The van der Waals surface area contributed by atoms with Crippen molar-refractivity contribution < 1.29 is 14.4 Å². The number of amides is 2. The van der Waals surface area contributed by atoms with Crippen molar-refractivity contribution in [3.8, 4) is 0 Å². The monoisotopic (exact) mass is 424 g/mol. The molecule has 4 rings (SSSR count). The van der Waals surface area contributed by atoms with Crippen LogP contribution in [0.4, 0.5) is 0 Å². The Morgan fingerprint density at radius 3 is 2.37 bits per heavy atom. The van der Waals surface area contributed by atoms with Crippen molar-refractivity contribution in [2.45, 2.75) is 45.4 Å². The van der Waals surface area contributed by atoms with Gasteiger partial charge in [0, 0.05) is 44.1 Å². The number of ketones is 1. The van der Waals surface area contributed by atoms with Gasteiger partial charge in [-0.2, -0.15) is 0 Å². The summed E-state index contributed by atoms with van der Waals surface area (Å²) in [5, 5.41) is 0. The lowest BCUT2D eigenvalue weighted by Crippen LogP contribution is -2.46. The van der Waals surface area contributed by atoms with Crippen LogP contribution in [-0.2, 0) is 20.9 Å². The van der Waals surface area contributed by atoms with Gasteiger partial charge in [-0.05, 0) is 24.5 Å². The highest BCUT2D eigenvalue weighted by Crippen LogP contribution is 2.66. The molecule has 0 spiro atoms. The summed E-state index contributed by atoms with van der Waals surface area (Å²) >= 11 is 0. The third-order valence-electron chi connectivity index (χ3n) is 6.64. The Balaban J connectivity index is 1.57. The van der Waals surface area contributed by atoms with Crippen LogP contribution in [0.25, 0.3) is 0 Å². The van der Waals surface area contributed by atoms with E-state index in [9.17, 15) is 14.4 Å². The van der Waals surface area contributed by atoms with Crippen LogP contribution in [0.15, 0.2) is 42.5 Å². The van der Waals surface area contributed by atoms with Gasteiger partial charge < -0.3 is 9.80 Å². The first-order chi connectivity index (χ1) is 14.2. The summed E-state index contributed by atoms with van der Waals surface area (Å²) in [5.74, 6) is -0.397. The van der Waals surface area contributed by atoms with Gasteiger partial charge in [0.1, 0.15) is 0 Å². The Labute approximate surface area is 180 Å². The van der Waals surface area contributed by atoms with Crippen molar-refractivity contribution in [3.05, 3.63) is 48.0 Å². The molecule has 2 aliphatic carbocycles. The average Bonchev–Trinajstić information content (AvgIpc) is 3.05. The van der Waals surface area contributed by atoms with E-state index in [1.807, 2.05) is 46.2 Å². The quantitative estimate of drug-likeness (QED) is 0.631. The second-order valence-corrected chi connectivity index (χ2v) is 15.7. The summed E-state index contributed by atoms with van der Waals surface area (Å²) in [7, 11) is -1.56. The zero-order valence-corrected chi connectivity index (χ0v) is 19.3. The minimum Gasteiger partial charge on any atom is -0.342 e. The van der Waals surface area contributed by atoms with E-state index in [0.29, 0.717) is 6.54 Å². The highest BCUT2D eigenvalue weighted by atomic mass is 28.3. The van der Waals surface area contributed by atoms with Crippen molar-refractivity contribution >= 4 is 25.7 Å². The topological polar surface area (TPSA) is 57.7 Å². The fraction of sp³-hybridized carbons (Fsp3) is 0.542. The summed E-state index contributed by atoms with van der Waals surface area (Å²) < 4.78 is 0. The maximum absolute atomic E-state index is 13.6.